The minimum absolute atomic E-state index is 0.812. The molecule has 0 aliphatic heterocycles. The van der Waals surface area contributed by atoms with E-state index < -0.39 is 0 Å². The third kappa shape index (κ3) is 3.38. The van der Waals surface area contributed by atoms with Gasteiger partial charge in [0.2, 0.25) is 0 Å². The van der Waals surface area contributed by atoms with Gasteiger partial charge in [-0.1, -0.05) is 4.49 Å². The molecule has 2 rings (SSSR count). The topological polar surface area (TPSA) is 49.8 Å². The monoisotopic (exact) mass is 198 g/mol. The van der Waals surface area contributed by atoms with Gasteiger partial charge in [-0.2, -0.15) is 0 Å². The quantitative estimate of drug-likeness (QED) is 0.649. The molecule has 0 bridgehead atoms. The highest BCUT2D eigenvalue weighted by atomic mass is 32.1. The molecule has 13 heavy (non-hydrogen) atoms. The van der Waals surface area contributed by atoms with Crippen molar-refractivity contribution >= 4 is 11.5 Å². The van der Waals surface area contributed by atoms with Crippen molar-refractivity contribution in [3.63, 3.8) is 0 Å². The zero-order chi connectivity index (χ0) is 8.93. The van der Waals surface area contributed by atoms with E-state index >= 15 is 0 Å². The van der Waals surface area contributed by atoms with Crippen molar-refractivity contribution in [3.05, 3.63) is 11.1 Å². The molecule has 1 heterocycles. The van der Waals surface area contributed by atoms with E-state index in [-0.39, 0.29) is 0 Å². The van der Waals surface area contributed by atoms with Crippen LogP contribution < -0.4 is 10.6 Å². The van der Waals surface area contributed by atoms with Gasteiger partial charge in [0, 0.05) is 25.7 Å². The van der Waals surface area contributed by atoms with E-state index in [4.69, 9.17) is 0 Å². The minimum Gasteiger partial charge on any atom is -0.313 e. The summed E-state index contributed by atoms with van der Waals surface area (Å²) in [7, 11) is 0. The fraction of sp³-hybridized carbons (Fsp3) is 0.750. The number of nitrogens with zero attached hydrogens (tertiary/aromatic N) is 2. The molecule has 0 aromatic carbocycles. The summed E-state index contributed by atoms with van der Waals surface area (Å²) in [6.45, 7) is 2.98. The molecule has 4 nitrogen and oxygen atoms in total. The summed E-state index contributed by atoms with van der Waals surface area (Å²) < 4.78 is 3.80. The van der Waals surface area contributed by atoms with Crippen LogP contribution in [0.25, 0.3) is 0 Å². The van der Waals surface area contributed by atoms with Crippen molar-refractivity contribution in [1.82, 2.24) is 20.2 Å². The molecule has 5 heteroatoms. The number of hydrogen-bond acceptors (Lipinski definition) is 5. The lowest BCUT2D eigenvalue weighted by molar-refractivity contribution is 0.611. The van der Waals surface area contributed by atoms with Gasteiger partial charge in [0.05, 0.1) is 11.1 Å². The van der Waals surface area contributed by atoms with Crippen LogP contribution in [0, 0.1) is 0 Å². The predicted molar refractivity (Wildman–Crippen MR) is 52.6 cm³/mol. The second kappa shape index (κ2) is 4.64. The summed E-state index contributed by atoms with van der Waals surface area (Å²) in [5.74, 6) is 0. The van der Waals surface area contributed by atoms with Gasteiger partial charge >= 0.3 is 0 Å². The number of rotatable bonds is 6. The lowest BCUT2D eigenvalue weighted by Gasteiger charge is -2.02. The third-order valence-corrected chi connectivity index (χ3v) is 2.68. The molecule has 0 atom stereocenters. The Labute approximate surface area is 81.9 Å². The first-order valence-corrected chi connectivity index (χ1v) is 5.43. The second-order valence-corrected chi connectivity index (χ2v) is 4.16. The van der Waals surface area contributed by atoms with Crippen molar-refractivity contribution in [1.29, 1.82) is 0 Å². The van der Waals surface area contributed by atoms with Crippen molar-refractivity contribution in [3.8, 4) is 0 Å². The molecule has 1 aromatic rings. The zero-order valence-electron chi connectivity index (χ0n) is 7.49. The van der Waals surface area contributed by atoms with Crippen LogP contribution in [0.1, 0.15) is 17.7 Å². The first-order chi connectivity index (χ1) is 6.45. The molecule has 1 fully saturated rings. The molecule has 2 N–H and O–H groups in total. The minimum atomic E-state index is 0.812. The number of hydrogen-bond donors (Lipinski definition) is 2. The van der Waals surface area contributed by atoms with Crippen LogP contribution in [0.15, 0.2) is 6.20 Å². The zero-order valence-corrected chi connectivity index (χ0v) is 8.31. The molecule has 72 valence electrons. The molecule has 0 radical (unpaired) electrons. The maximum atomic E-state index is 3.80. The Morgan fingerprint density at radius 3 is 3.08 bits per heavy atom. The number of aromatic nitrogens is 2. The van der Waals surface area contributed by atoms with Crippen LogP contribution in [0.2, 0.25) is 0 Å². The first kappa shape index (κ1) is 9.05. The van der Waals surface area contributed by atoms with Gasteiger partial charge in [0.1, 0.15) is 0 Å². The van der Waals surface area contributed by atoms with Gasteiger partial charge in [0.15, 0.2) is 0 Å². The Bertz CT molecular complexity index is 232. The SMILES string of the molecule is c1nnsc1CNCCNC1CC1. The van der Waals surface area contributed by atoms with Crippen LogP contribution in [-0.4, -0.2) is 28.7 Å². The summed E-state index contributed by atoms with van der Waals surface area (Å²) in [6, 6.07) is 0.812. The Hall–Kier alpha value is -0.520. The summed E-state index contributed by atoms with van der Waals surface area (Å²) in [5.41, 5.74) is 0. The van der Waals surface area contributed by atoms with Crippen LogP contribution in [0.3, 0.4) is 0 Å². The average Bonchev–Trinajstić information content (AvgIpc) is 2.81. The average molecular weight is 198 g/mol. The molecule has 1 saturated carbocycles. The fourth-order valence-electron chi connectivity index (χ4n) is 1.13. The maximum absolute atomic E-state index is 3.80. The van der Waals surface area contributed by atoms with Gasteiger partial charge in [0.25, 0.3) is 0 Å². The molecule has 0 unspecified atom stereocenters. The summed E-state index contributed by atoms with van der Waals surface area (Å²) in [4.78, 5) is 1.20. The van der Waals surface area contributed by atoms with Gasteiger partial charge < -0.3 is 10.6 Å². The molecule has 0 spiro atoms. The Balaban J connectivity index is 1.48. The largest absolute Gasteiger partial charge is 0.313 e. The summed E-state index contributed by atoms with van der Waals surface area (Å²) >= 11 is 1.46. The summed E-state index contributed by atoms with van der Waals surface area (Å²) in [6.07, 6.45) is 4.53. The van der Waals surface area contributed by atoms with Crippen molar-refractivity contribution in [2.75, 3.05) is 13.1 Å². The predicted octanol–water partition coefficient (Wildman–Crippen LogP) is 0.380. The molecule has 1 aliphatic rings. The molecule has 1 aliphatic carbocycles. The van der Waals surface area contributed by atoms with Crippen molar-refractivity contribution < 1.29 is 0 Å². The number of nitrogens with one attached hydrogen (secondary N) is 2. The van der Waals surface area contributed by atoms with Crippen LogP contribution in [-0.2, 0) is 6.54 Å². The molecule has 0 amide bonds. The van der Waals surface area contributed by atoms with Gasteiger partial charge in [-0.25, -0.2) is 0 Å². The van der Waals surface area contributed by atoms with Gasteiger partial charge in [-0.15, -0.1) is 5.10 Å². The molecular formula is C8H14N4S. The Morgan fingerprint density at radius 2 is 2.38 bits per heavy atom. The maximum Gasteiger partial charge on any atom is 0.0666 e. The normalized spacial score (nSPS) is 16.3. The highest BCUT2D eigenvalue weighted by Crippen LogP contribution is 2.17. The fourth-order valence-corrected chi connectivity index (χ4v) is 1.59. The van der Waals surface area contributed by atoms with Crippen LogP contribution >= 0.6 is 11.5 Å². The lowest BCUT2D eigenvalue weighted by atomic mass is 10.5. The molecule has 0 saturated heterocycles. The highest BCUT2D eigenvalue weighted by Gasteiger charge is 2.19. The smallest absolute Gasteiger partial charge is 0.0666 e. The summed E-state index contributed by atoms with van der Waals surface area (Å²) in [5, 5.41) is 10.6. The third-order valence-electron chi connectivity index (χ3n) is 2.02. The van der Waals surface area contributed by atoms with E-state index in [1.54, 1.807) is 0 Å². The highest BCUT2D eigenvalue weighted by molar-refractivity contribution is 7.05. The van der Waals surface area contributed by atoms with Crippen LogP contribution in [0.5, 0.6) is 0 Å². The van der Waals surface area contributed by atoms with E-state index in [2.05, 4.69) is 20.2 Å². The lowest BCUT2D eigenvalue weighted by Crippen LogP contribution is -2.28. The Morgan fingerprint density at radius 1 is 1.46 bits per heavy atom. The first-order valence-electron chi connectivity index (χ1n) is 4.65. The van der Waals surface area contributed by atoms with Crippen molar-refractivity contribution in [2.24, 2.45) is 0 Å². The second-order valence-electron chi connectivity index (χ2n) is 3.29. The van der Waals surface area contributed by atoms with Crippen LogP contribution in [0.4, 0.5) is 0 Å². The van der Waals surface area contributed by atoms with E-state index in [1.165, 1.54) is 29.3 Å². The molecule has 1 aromatic heterocycles. The van der Waals surface area contributed by atoms with E-state index in [1.807, 2.05) is 6.20 Å². The van der Waals surface area contributed by atoms with E-state index in [0.29, 0.717) is 0 Å². The van der Waals surface area contributed by atoms with E-state index in [9.17, 15) is 0 Å². The van der Waals surface area contributed by atoms with Gasteiger partial charge in [-0.3, -0.25) is 0 Å². The van der Waals surface area contributed by atoms with Crippen molar-refractivity contribution in [2.45, 2.75) is 25.4 Å². The Kier molecular flexibility index (Phi) is 3.23. The van der Waals surface area contributed by atoms with Gasteiger partial charge in [-0.05, 0) is 24.4 Å². The molecular weight excluding hydrogens is 184 g/mol. The van der Waals surface area contributed by atoms with E-state index in [0.717, 1.165) is 25.7 Å². The standard InChI is InChI=1S/C8H14N4S/c1-2-7(1)10-4-3-9-5-8-6-11-12-13-8/h6-7,9-10H,1-5H2.